The standard InChI is InChI=1S/C21H25FN6O2/c1-13(18-7-16(22)10-25-19(18)12-29)30-20-6-14(8-26-21(20)23)15-9-27-28(11-15)17-2-4-24-5-3-17/h6-11,13,17,24,29H,2-5,12H2,1H3,(H2,23,26). The van der Waals surface area contributed by atoms with Gasteiger partial charge in [-0.25, -0.2) is 9.37 Å². The summed E-state index contributed by atoms with van der Waals surface area (Å²) in [4.78, 5) is 8.18. The Labute approximate surface area is 173 Å². The molecule has 3 aromatic rings. The van der Waals surface area contributed by atoms with Gasteiger partial charge in [0.1, 0.15) is 11.9 Å². The van der Waals surface area contributed by atoms with Crippen LogP contribution in [0.15, 0.2) is 36.9 Å². The van der Waals surface area contributed by atoms with Crippen molar-refractivity contribution in [3.05, 3.63) is 54.0 Å². The molecule has 4 N–H and O–H groups in total. The van der Waals surface area contributed by atoms with Crippen LogP contribution in [0.2, 0.25) is 0 Å². The molecule has 0 bridgehead atoms. The normalized spacial score (nSPS) is 15.8. The van der Waals surface area contributed by atoms with E-state index < -0.39 is 11.9 Å². The number of pyridine rings is 2. The van der Waals surface area contributed by atoms with Gasteiger partial charge in [0.05, 0.1) is 30.7 Å². The van der Waals surface area contributed by atoms with Gasteiger partial charge >= 0.3 is 0 Å². The molecule has 1 atom stereocenters. The zero-order valence-corrected chi connectivity index (χ0v) is 16.8. The molecule has 4 heterocycles. The maximum atomic E-state index is 13.7. The van der Waals surface area contributed by atoms with Crippen molar-refractivity contribution in [1.29, 1.82) is 0 Å². The summed E-state index contributed by atoms with van der Waals surface area (Å²) in [5, 5.41) is 17.4. The fourth-order valence-electron chi connectivity index (χ4n) is 3.69. The van der Waals surface area contributed by atoms with Crippen molar-refractivity contribution >= 4 is 5.82 Å². The minimum Gasteiger partial charge on any atom is -0.482 e. The van der Waals surface area contributed by atoms with Crippen molar-refractivity contribution in [1.82, 2.24) is 25.1 Å². The Morgan fingerprint density at radius 3 is 2.80 bits per heavy atom. The molecule has 3 aromatic heterocycles. The van der Waals surface area contributed by atoms with Crippen LogP contribution in [0.25, 0.3) is 11.1 Å². The molecular weight excluding hydrogens is 387 g/mol. The molecule has 0 aromatic carbocycles. The third-order valence-corrected chi connectivity index (χ3v) is 5.36. The average molecular weight is 412 g/mol. The molecule has 30 heavy (non-hydrogen) atoms. The summed E-state index contributed by atoms with van der Waals surface area (Å²) in [6, 6.07) is 3.49. The topological polar surface area (TPSA) is 111 Å². The van der Waals surface area contributed by atoms with Gasteiger partial charge in [-0.15, -0.1) is 0 Å². The quantitative estimate of drug-likeness (QED) is 0.571. The van der Waals surface area contributed by atoms with E-state index in [4.69, 9.17) is 10.5 Å². The second kappa shape index (κ2) is 8.76. The molecule has 1 saturated heterocycles. The lowest BCUT2D eigenvalue weighted by Gasteiger charge is -2.22. The fourth-order valence-corrected chi connectivity index (χ4v) is 3.69. The largest absolute Gasteiger partial charge is 0.482 e. The van der Waals surface area contributed by atoms with Crippen molar-refractivity contribution in [2.75, 3.05) is 18.8 Å². The molecule has 0 amide bonds. The molecule has 1 aliphatic heterocycles. The van der Waals surface area contributed by atoms with Crippen molar-refractivity contribution in [2.45, 2.75) is 38.5 Å². The van der Waals surface area contributed by atoms with Crippen LogP contribution in [0.4, 0.5) is 10.2 Å². The lowest BCUT2D eigenvalue weighted by atomic mass is 10.1. The molecule has 0 aliphatic carbocycles. The van der Waals surface area contributed by atoms with E-state index in [2.05, 4.69) is 20.4 Å². The third-order valence-electron chi connectivity index (χ3n) is 5.36. The number of nitrogens with one attached hydrogen (secondary N) is 1. The first-order chi connectivity index (χ1) is 14.5. The van der Waals surface area contributed by atoms with E-state index >= 15 is 0 Å². The number of ether oxygens (including phenoxy) is 1. The Hall–Kier alpha value is -3.04. The number of hydrogen-bond acceptors (Lipinski definition) is 7. The molecule has 158 valence electrons. The van der Waals surface area contributed by atoms with Gasteiger partial charge in [-0.3, -0.25) is 9.67 Å². The van der Waals surface area contributed by atoms with E-state index in [9.17, 15) is 9.50 Å². The summed E-state index contributed by atoms with van der Waals surface area (Å²) in [7, 11) is 0. The lowest BCUT2D eigenvalue weighted by Crippen LogP contribution is -2.29. The first kappa shape index (κ1) is 20.2. The number of anilines is 1. The number of piperidine rings is 1. The molecule has 0 radical (unpaired) electrons. The fraction of sp³-hybridized carbons (Fsp3) is 0.381. The van der Waals surface area contributed by atoms with Crippen LogP contribution in [0.5, 0.6) is 5.75 Å². The van der Waals surface area contributed by atoms with Crippen LogP contribution in [-0.4, -0.2) is 37.9 Å². The molecule has 8 nitrogen and oxygen atoms in total. The molecule has 0 saturated carbocycles. The van der Waals surface area contributed by atoms with Gasteiger partial charge in [0.2, 0.25) is 0 Å². The van der Waals surface area contributed by atoms with Gasteiger partial charge in [0.15, 0.2) is 11.6 Å². The molecule has 9 heteroatoms. The SMILES string of the molecule is CC(Oc1cc(-c2cnn(C3CCNCC3)c2)cnc1N)c1cc(F)cnc1CO. The average Bonchev–Trinajstić information content (AvgIpc) is 3.26. The van der Waals surface area contributed by atoms with Crippen LogP contribution in [0.1, 0.15) is 43.2 Å². The Morgan fingerprint density at radius 1 is 1.23 bits per heavy atom. The Balaban J connectivity index is 1.57. The highest BCUT2D eigenvalue weighted by molar-refractivity contribution is 5.65. The Bertz CT molecular complexity index is 1020. The highest BCUT2D eigenvalue weighted by atomic mass is 19.1. The molecule has 4 rings (SSSR count). The van der Waals surface area contributed by atoms with E-state index in [0.29, 0.717) is 23.0 Å². The molecule has 1 fully saturated rings. The van der Waals surface area contributed by atoms with Crippen LogP contribution in [0, 0.1) is 5.82 Å². The van der Waals surface area contributed by atoms with Crippen molar-refractivity contribution in [2.24, 2.45) is 0 Å². The molecule has 1 unspecified atom stereocenters. The van der Waals surface area contributed by atoms with Crippen LogP contribution < -0.4 is 15.8 Å². The van der Waals surface area contributed by atoms with E-state index in [1.165, 1.54) is 6.07 Å². The minimum atomic E-state index is -0.577. The Morgan fingerprint density at radius 2 is 2.03 bits per heavy atom. The Kier molecular flexibility index (Phi) is 5.91. The second-order valence-corrected chi connectivity index (χ2v) is 7.41. The van der Waals surface area contributed by atoms with Gasteiger partial charge in [0.25, 0.3) is 0 Å². The van der Waals surface area contributed by atoms with Crippen molar-refractivity contribution < 1.29 is 14.2 Å². The van der Waals surface area contributed by atoms with Crippen LogP contribution in [0.3, 0.4) is 0 Å². The van der Waals surface area contributed by atoms with E-state index in [1.807, 2.05) is 17.1 Å². The number of nitrogen functional groups attached to an aromatic ring is 1. The van der Waals surface area contributed by atoms with Crippen LogP contribution >= 0.6 is 0 Å². The van der Waals surface area contributed by atoms with Gasteiger partial charge in [0, 0.05) is 29.1 Å². The highest BCUT2D eigenvalue weighted by Crippen LogP contribution is 2.32. The predicted octanol–water partition coefficient (Wildman–Crippen LogP) is 2.62. The highest BCUT2D eigenvalue weighted by Gasteiger charge is 2.19. The number of nitrogens with two attached hydrogens (primary N) is 1. The minimum absolute atomic E-state index is 0.228. The second-order valence-electron chi connectivity index (χ2n) is 7.41. The van der Waals surface area contributed by atoms with Crippen molar-refractivity contribution in [3.63, 3.8) is 0 Å². The molecular formula is C21H25FN6O2. The monoisotopic (exact) mass is 412 g/mol. The zero-order valence-electron chi connectivity index (χ0n) is 16.8. The van der Waals surface area contributed by atoms with E-state index in [-0.39, 0.29) is 12.4 Å². The number of aromatic nitrogens is 4. The number of aliphatic hydroxyl groups excluding tert-OH is 1. The number of aliphatic hydroxyl groups is 1. The van der Waals surface area contributed by atoms with Gasteiger partial charge in [-0.1, -0.05) is 0 Å². The maximum absolute atomic E-state index is 13.7. The number of hydrogen-bond donors (Lipinski definition) is 3. The van der Waals surface area contributed by atoms with E-state index in [1.54, 1.807) is 19.2 Å². The first-order valence-corrected chi connectivity index (χ1v) is 9.97. The summed E-state index contributed by atoms with van der Waals surface area (Å²) in [5.74, 6) is 0.108. The third kappa shape index (κ3) is 4.27. The summed E-state index contributed by atoms with van der Waals surface area (Å²) in [6.45, 7) is 3.41. The molecule has 0 spiro atoms. The van der Waals surface area contributed by atoms with Gasteiger partial charge < -0.3 is 20.9 Å². The zero-order chi connectivity index (χ0) is 21.1. The number of halogens is 1. The molecule has 1 aliphatic rings. The summed E-state index contributed by atoms with van der Waals surface area (Å²) in [5.41, 5.74) is 8.57. The lowest BCUT2D eigenvalue weighted by molar-refractivity contribution is 0.217. The maximum Gasteiger partial charge on any atom is 0.166 e. The first-order valence-electron chi connectivity index (χ1n) is 9.97. The smallest absolute Gasteiger partial charge is 0.166 e. The number of rotatable bonds is 6. The van der Waals surface area contributed by atoms with Gasteiger partial charge in [-0.05, 0) is 45.0 Å². The summed E-state index contributed by atoms with van der Waals surface area (Å²) < 4.78 is 21.6. The number of nitrogens with zero attached hydrogens (tertiary/aromatic N) is 4. The van der Waals surface area contributed by atoms with Crippen LogP contribution in [-0.2, 0) is 6.61 Å². The van der Waals surface area contributed by atoms with Crippen molar-refractivity contribution in [3.8, 4) is 16.9 Å². The summed E-state index contributed by atoms with van der Waals surface area (Å²) >= 11 is 0. The van der Waals surface area contributed by atoms with E-state index in [0.717, 1.165) is 43.3 Å². The van der Waals surface area contributed by atoms with Gasteiger partial charge in [-0.2, -0.15) is 5.10 Å². The summed E-state index contributed by atoms with van der Waals surface area (Å²) in [6.07, 6.45) is 8.08. The predicted molar refractivity (Wildman–Crippen MR) is 110 cm³/mol.